The molecule has 0 aromatic heterocycles. The molecule has 0 aliphatic carbocycles. The average molecular weight is 524 g/mol. The van der Waals surface area contributed by atoms with Crippen molar-refractivity contribution in [2.75, 3.05) is 13.2 Å². The van der Waals surface area contributed by atoms with E-state index < -0.39 is 47.0 Å². The first-order valence-corrected chi connectivity index (χ1v) is 12.2. The molecule has 0 bridgehead atoms. The fourth-order valence-corrected chi connectivity index (χ4v) is 2.47. The number of esters is 3. The third-order valence-electron chi connectivity index (χ3n) is 4.68. The van der Waals surface area contributed by atoms with Gasteiger partial charge in [0, 0.05) is 0 Å². The maximum absolute atomic E-state index is 12.5. The Morgan fingerprint density at radius 2 is 1.32 bits per heavy atom. The van der Waals surface area contributed by atoms with Crippen LogP contribution >= 0.6 is 0 Å². The Labute approximate surface area is 219 Å². The van der Waals surface area contributed by atoms with Gasteiger partial charge in [-0.25, -0.2) is 4.79 Å². The predicted octanol–water partition coefficient (Wildman–Crippen LogP) is 4.20. The molecule has 0 aliphatic heterocycles. The minimum atomic E-state index is -1.05. The molecule has 1 rings (SSSR count). The van der Waals surface area contributed by atoms with Crippen molar-refractivity contribution < 1.29 is 42.9 Å². The zero-order chi connectivity index (χ0) is 28.6. The van der Waals surface area contributed by atoms with Crippen molar-refractivity contribution >= 4 is 24.1 Å². The number of rotatable bonds is 10. The van der Waals surface area contributed by atoms with E-state index in [9.17, 15) is 19.2 Å². The third kappa shape index (κ3) is 11.6. The maximum atomic E-state index is 12.5. The van der Waals surface area contributed by atoms with Crippen LogP contribution in [-0.4, -0.2) is 49.4 Å². The monoisotopic (exact) mass is 523 g/mol. The van der Waals surface area contributed by atoms with Crippen LogP contribution in [0.2, 0.25) is 0 Å². The molecule has 0 unspecified atom stereocenters. The summed E-state index contributed by atoms with van der Waals surface area (Å²) in [7, 11) is 0. The number of ether oxygens (including phenoxy) is 5. The van der Waals surface area contributed by atoms with Gasteiger partial charge in [0.1, 0.15) is 18.8 Å². The number of hydrogen-bond donors (Lipinski definition) is 1. The van der Waals surface area contributed by atoms with Gasteiger partial charge in [-0.05, 0) is 78.5 Å². The van der Waals surface area contributed by atoms with Gasteiger partial charge in [0.25, 0.3) is 0 Å². The van der Waals surface area contributed by atoms with E-state index in [-0.39, 0.29) is 37.1 Å². The molecule has 0 saturated carbocycles. The average Bonchev–Trinajstić information content (AvgIpc) is 2.76. The molecular weight excluding hydrogens is 482 g/mol. The standard InChI is InChI=1S/C27H41NO9/c1-16(2)14-33-25(32)34-15-17(3)35-22(29)19(28)12-18-10-11-20(36-23(30)26(4,5)6)21(13-18)37-24(31)27(7,8)9/h10-11,13,16-17,19H,12,14-15,28H2,1-9H3/t17-,19-/m0/s1. The summed E-state index contributed by atoms with van der Waals surface area (Å²) in [4.78, 5) is 48.9. The van der Waals surface area contributed by atoms with Crippen LogP contribution in [0.25, 0.3) is 0 Å². The van der Waals surface area contributed by atoms with Crippen LogP contribution in [0.15, 0.2) is 18.2 Å². The van der Waals surface area contributed by atoms with Crippen LogP contribution in [-0.2, 0) is 35.0 Å². The van der Waals surface area contributed by atoms with E-state index in [0.29, 0.717) is 5.56 Å². The third-order valence-corrected chi connectivity index (χ3v) is 4.68. The highest BCUT2D eigenvalue weighted by Crippen LogP contribution is 2.33. The molecule has 0 radical (unpaired) electrons. The van der Waals surface area contributed by atoms with Crippen LogP contribution in [0.3, 0.4) is 0 Å². The highest BCUT2D eigenvalue weighted by molar-refractivity contribution is 5.81. The highest BCUT2D eigenvalue weighted by atomic mass is 16.7. The molecule has 10 heteroatoms. The van der Waals surface area contributed by atoms with Crippen LogP contribution in [0.4, 0.5) is 4.79 Å². The Kier molecular flexibility index (Phi) is 11.6. The van der Waals surface area contributed by atoms with Crippen LogP contribution in [0.5, 0.6) is 11.5 Å². The SMILES string of the molecule is CC(C)COC(=O)OC[C@H](C)OC(=O)[C@@H](N)Cc1ccc(OC(=O)C(C)(C)C)c(OC(=O)C(C)(C)C)c1. The smallest absolute Gasteiger partial charge is 0.458 e. The van der Waals surface area contributed by atoms with E-state index in [1.165, 1.54) is 12.1 Å². The van der Waals surface area contributed by atoms with Gasteiger partial charge in [0.2, 0.25) is 0 Å². The first kappa shape index (κ1) is 31.9. The lowest BCUT2D eigenvalue weighted by Gasteiger charge is -2.21. The molecule has 2 atom stereocenters. The second-order valence-electron chi connectivity index (χ2n) is 11.4. The molecule has 2 N–H and O–H groups in total. The van der Waals surface area contributed by atoms with Crippen molar-refractivity contribution in [3.63, 3.8) is 0 Å². The summed E-state index contributed by atoms with van der Waals surface area (Å²) in [6.45, 7) is 15.6. The van der Waals surface area contributed by atoms with Gasteiger partial charge >= 0.3 is 24.1 Å². The molecule has 10 nitrogen and oxygen atoms in total. The van der Waals surface area contributed by atoms with Crippen molar-refractivity contribution in [1.29, 1.82) is 0 Å². The molecule has 208 valence electrons. The van der Waals surface area contributed by atoms with Gasteiger partial charge in [-0.15, -0.1) is 0 Å². The number of benzene rings is 1. The Balaban J connectivity index is 2.89. The Hall–Kier alpha value is -3.14. The van der Waals surface area contributed by atoms with E-state index in [2.05, 4.69) is 0 Å². The molecular formula is C27H41NO9. The minimum absolute atomic E-state index is 0.0391. The Bertz CT molecular complexity index is 958. The van der Waals surface area contributed by atoms with Gasteiger partial charge in [-0.3, -0.25) is 14.4 Å². The summed E-state index contributed by atoms with van der Waals surface area (Å²) >= 11 is 0. The van der Waals surface area contributed by atoms with E-state index in [0.717, 1.165) is 0 Å². The quantitative estimate of drug-likeness (QED) is 0.350. The van der Waals surface area contributed by atoms with Crippen molar-refractivity contribution in [2.45, 2.75) is 80.9 Å². The van der Waals surface area contributed by atoms with Gasteiger partial charge in [-0.2, -0.15) is 0 Å². The van der Waals surface area contributed by atoms with E-state index in [1.54, 1.807) is 54.5 Å². The molecule has 37 heavy (non-hydrogen) atoms. The highest BCUT2D eigenvalue weighted by Gasteiger charge is 2.29. The Morgan fingerprint density at radius 1 is 0.811 bits per heavy atom. The topological polar surface area (TPSA) is 140 Å². The first-order chi connectivity index (χ1) is 16.9. The van der Waals surface area contributed by atoms with Crippen LogP contribution < -0.4 is 15.2 Å². The van der Waals surface area contributed by atoms with Crippen molar-refractivity contribution in [1.82, 2.24) is 0 Å². The van der Waals surface area contributed by atoms with E-state index in [4.69, 9.17) is 29.4 Å². The second-order valence-corrected chi connectivity index (χ2v) is 11.4. The van der Waals surface area contributed by atoms with Crippen molar-refractivity contribution in [3.8, 4) is 11.5 Å². The van der Waals surface area contributed by atoms with Gasteiger partial charge in [0.15, 0.2) is 11.5 Å². The first-order valence-electron chi connectivity index (χ1n) is 12.2. The lowest BCUT2D eigenvalue weighted by molar-refractivity contribution is -0.152. The summed E-state index contributed by atoms with van der Waals surface area (Å²) in [5.74, 6) is -1.45. The number of carbonyl (C=O) groups is 4. The molecule has 0 heterocycles. The lowest BCUT2D eigenvalue weighted by atomic mass is 9.97. The summed E-state index contributed by atoms with van der Waals surface area (Å²) in [5.41, 5.74) is 5.00. The fraction of sp³-hybridized carbons (Fsp3) is 0.630. The van der Waals surface area contributed by atoms with Crippen LogP contribution in [0.1, 0.15) is 67.9 Å². The lowest BCUT2D eigenvalue weighted by Crippen LogP contribution is -2.37. The molecule has 1 aromatic carbocycles. The summed E-state index contributed by atoms with van der Waals surface area (Å²) in [6.07, 6.45) is -1.53. The number of nitrogens with two attached hydrogens (primary N) is 1. The molecule has 0 spiro atoms. The molecule has 1 aromatic rings. The van der Waals surface area contributed by atoms with E-state index in [1.807, 2.05) is 13.8 Å². The summed E-state index contributed by atoms with van der Waals surface area (Å²) in [6, 6.07) is 3.55. The van der Waals surface area contributed by atoms with Crippen LogP contribution in [0, 0.1) is 16.7 Å². The van der Waals surface area contributed by atoms with Gasteiger partial charge < -0.3 is 29.4 Å². The molecule has 0 aliphatic rings. The maximum Gasteiger partial charge on any atom is 0.508 e. The summed E-state index contributed by atoms with van der Waals surface area (Å²) < 4.78 is 26.1. The summed E-state index contributed by atoms with van der Waals surface area (Å²) in [5, 5.41) is 0. The predicted molar refractivity (Wildman–Crippen MR) is 136 cm³/mol. The van der Waals surface area contributed by atoms with Crippen molar-refractivity contribution in [3.05, 3.63) is 23.8 Å². The molecule has 0 amide bonds. The zero-order valence-corrected chi connectivity index (χ0v) is 23.3. The molecule has 0 saturated heterocycles. The van der Waals surface area contributed by atoms with Crippen molar-refractivity contribution in [2.24, 2.45) is 22.5 Å². The van der Waals surface area contributed by atoms with Gasteiger partial charge in [-0.1, -0.05) is 19.9 Å². The molecule has 0 fully saturated rings. The Morgan fingerprint density at radius 3 is 1.84 bits per heavy atom. The fourth-order valence-electron chi connectivity index (χ4n) is 2.47. The largest absolute Gasteiger partial charge is 0.508 e. The zero-order valence-electron chi connectivity index (χ0n) is 23.3. The number of hydrogen-bond acceptors (Lipinski definition) is 10. The second kappa shape index (κ2) is 13.4. The normalized spacial score (nSPS) is 13.4. The minimum Gasteiger partial charge on any atom is -0.458 e. The number of carbonyl (C=O) groups excluding carboxylic acids is 4. The van der Waals surface area contributed by atoms with Gasteiger partial charge in [0.05, 0.1) is 17.4 Å². The van der Waals surface area contributed by atoms with E-state index >= 15 is 0 Å².